The quantitative estimate of drug-likeness (QED) is 0.824. The number of hydrogen-bond donors (Lipinski definition) is 1. The first-order chi connectivity index (χ1) is 7.05. The molecule has 2 N–H and O–H groups in total. The average Bonchev–Trinajstić information content (AvgIpc) is 2.28. The van der Waals surface area contributed by atoms with Gasteiger partial charge in [-0.25, -0.2) is 0 Å². The Morgan fingerprint density at radius 3 is 2.33 bits per heavy atom. The molecular formula is C12H19NO2. The molecule has 0 atom stereocenters. The topological polar surface area (TPSA) is 44.5 Å². The van der Waals surface area contributed by atoms with Gasteiger partial charge in [0.15, 0.2) is 0 Å². The van der Waals surface area contributed by atoms with Gasteiger partial charge in [-0.05, 0) is 6.07 Å². The third-order valence-electron chi connectivity index (χ3n) is 2.65. The largest absolute Gasteiger partial charge is 0.497 e. The molecule has 0 bridgehead atoms. The highest BCUT2D eigenvalue weighted by atomic mass is 16.5. The maximum atomic E-state index is 5.75. The first-order valence-electron chi connectivity index (χ1n) is 4.97. The van der Waals surface area contributed by atoms with Gasteiger partial charge in [0.25, 0.3) is 0 Å². The highest BCUT2D eigenvalue weighted by Gasteiger charge is 2.22. The van der Waals surface area contributed by atoms with Gasteiger partial charge in [0, 0.05) is 23.6 Å². The van der Waals surface area contributed by atoms with Gasteiger partial charge in [-0.15, -0.1) is 0 Å². The van der Waals surface area contributed by atoms with Crippen molar-refractivity contribution in [3.63, 3.8) is 0 Å². The molecule has 0 aromatic heterocycles. The standard InChI is InChI=1S/C12H19NO2/c1-12(2,8-13)10-6-5-9(14-3)7-11(10)15-4/h5-7H,8,13H2,1-4H3. The molecule has 1 aromatic carbocycles. The van der Waals surface area contributed by atoms with Crippen molar-refractivity contribution in [2.75, 3.05) is 20.8 Å². The van der Waals surface area contributed by atoms with E-state index in [0.717, 1.165) is 17.1 Å². The summed E-state index contributed by atoms with van der Waals surface area (Å²) in [6.07, 6.45) is 0. The number of rotatable bonds is 4. The van der Waals surface area contributed by atoms with E-state index in [1.807, 2.05) is 18.2 Å². The molecule has 3 nitrogen and oxygen atoms in total. The highest BCUT2D eigenvalue weighted by molar-refractivity contribution is 5.44. The fourth-order valence-corrected chi connectivity index (χ4v) is 1.47. The third kappa shape index (κ3) is 2.42. The summed E-state index contributed by atoms with van der Waals surface area (Å²) in [4.78, 5) is 0. The van der Waals surface area contributed by atoms with Crippen LogP contribution in [0.5, 0.6) is 11.5 Å². The molecule has 1 rings (SSSR count). The number of hydrogen-bond acceptors (Lipinski definition) is 3. The summed E-state index contributed by atoms with van der Waals surface area (Å²) in [6, 6.07) is 5.81. The van der Waals surface area contributed by atoms with Crippen molar-refractivity contribution < 1.29 is 9.47 Å². The molecule has 0 fully saturated rings. The zero-order valence-corrected chi connectivity index (χ0v) is 9.83. The van der Waals surface area contributed by atoms with Crippen LogP contribution in [0.1, 0.15) is 19.4 Å². The van der Waals surface area contributed by atoms with Gasteiger partial charge in [0.1, 0.15) is 11.5 Å². The van der Waals surface area contributed by atoms with E-state index in [-0.39, 0.29) is 5.41 Å². The fraction of sp³-hybridized carbons (Fsp3) is 0.500. The van der Waals surface area contributed by atoms with Crippen LogP contribution in [-0.2, 0) is 5.41 Å². The van der Waals surface area contributed by atoms with Gasteiger partial charge in [-0.3, -0.25) is 0 Å². The summed E-state index contributed by atoms with van der Waals surface area (Å²) in [5.74, 6) is 1.62. The Balaban J connectivity index is 3.18. The summed E-state index contributed by atoms with van der Waals surface area (Å²) in [6.45, 7) is 4.77. The van der Waals surface area contributed by atoms with Crippen molar-refractivity contribution in [2.45, 2.75) is 19.3 Å². The van der Waals surface area contributed by atoms with Crippen LogP contribution < -0.4 is 15.2 Å². The molecule has 3 heteroatoms. The summed E-state index contributed by atoms with van der Waals surface area (Å²) < 4.78 is 10.5. The van der Waals surface area contributed by atoms with Gasteiger partial charge < -0.3 is 15.2 Å². The minimum atomic E-state index is -0.0857. The Kier molecular flexibility index (Phi) is 3.58. The molecule has 0 aliphatic carbocycles. The molecule has 0 radical (unpaired) electrons. The van der Waals surface area contributed by atoms with E-state index < -0.39 is 0 Å². The van der Waals surface area contributed by atoms with Crippen LogP contribution in [0.4, 0.5) is 0 Å². The minimum Gasteiger partial charge on any atom is -0.497 e. The molecule has 0 spiro atoms. The lowest BCUT2D eigenvalue weighted by molar-refractivity contribution is 0.380. The normalized spacial score (nSPS) is 11.3. The summed E-state index contributed by atoms with van der Waals surface area (Å²) in [5.41, 5.74) is 6.76. The van der Waals surface area contributed by atoms with Crippen molar-refractivity contribution >= 4 is 0 Å². The van der Waals surface area contributed by atoms with Gasteiger partial charge in [0.05, 0.1) is 14.2 Å². The van der Waals surface area contributed by atoms with Crippen molar-refractivity contribution in [1.82, 2.24) is 0 Å². The van der Waals surface area contributed by atoms with Gasteiger partial charge in [-0.1, -0.05) is 19.9 Å². The molecule has 0 saturated heterocycles. The lowest BCUT2D eigenvalue weighted by Gasteiger charge is -2.25. The number of methoxy groups -OCH3 is 2. The highest BCUT2D eigenvalue weighted by Crippen LogP contribution is 2.33. The van der Waals surface area contributed by atoms with Crippen LogP contribution in [0, 0.1) is 0 Å². The van der Waals surface area contributed by atoms with E-state index >= 15 is 0 Å². The Hall–Kier alpha value is -1.22. The monoisotopic (exact) mass is 209 g/mol. The van der Waals surface area contributed by atoms with E-state index in [2.05, 4.69) is 13.8 Å². The number of ether oxygens (including phenoxy) is 2. The molecule has 0 heterocycles. The maximum Gasteiger partial charge on any atom is 0.126 e. The van der Waals surface area contributed by atoms with Crippen LogP contribution in [0.2, 0.25) is 0 Å². The van der Waals surface area contributed by atoms with Crippen molar-refractivity contribution in [1.29, 1.82) is 0 Å². The summed E-state index contributed by atoms with van der Waals surface area (Å²) in [7, 11) is 3.30. The zero-order chi connectivity index (χ0) is 11.5. The Bertz CT molecular complexity index is 334. The lowest BCUT2D eigenvalue weighted by atomic mass is 9.84. The Labute approximate surface area is 91.2 Å². The lowest BCUT2D eigenvalue weighted by Crippen LogP contribution is -2.28. The first-order valence-corrected chi connectivity index (χ1v) is 4.97. The molecule has 0 saturated carbocycles. The average molecular weight is 209 g/mol. The van der Waals surface area contributed by atoms with Crippen LogP contribution >= 0.6 is 0 Å². The van der Waals surface area contributed by atoms with Crippen molar-refractivity contribution in [3.8, 4) is 11.5 Å². The first kappa shape index (κ1) is 11.9. The predicted molar refractivity (Wildman–Crippen MR) is 61.6 cm³/mol. The van der Waals surface area contributed by atoms with Gasteiger partial charge in [0.2, 0.25) is 0 Å². The SMILES string of the molecule is COc1ccc(C(C)(C)CN)c(OC)c1. The third-order valence-corrected chi connectivity index (χ3v) is 2.65. The van der Waals surface area contributed by atoms with Crippen LogP contribution in [-0.4, -0.2) is 20.8 Å². The van der Waals surface area contributed by atoms with Crippen molar-refractivity contribution in [2.24, 2.45) is 5.73 Å². The Morgan fingerprint density at radius 2 is 1.87 bits per heavy atom. The number of benzene rings is 1. The molecule has 0 amide bonds. The molecule has 84 valence electrons. The second-order valence-corrected chi connectivity index (χ2v) is 4.15. The molecular weight excluding hydrogens is 190 g/mol. The summed E-state index contributed by atoms with van der Waals surface area (Å²) in [5, 5.41) is 0. The van der Waals surface area contributed by atoms with Crippen LogP contribution in [0.25, 0.3) is 0 Å². The number of nitrogens with two attached hydrogens (primary N) is 1. The summed E-state index contributed by atoms with van der Waals surface area (Å²) >= 11 is 0. The van der Waals surface area contributed by atoms with Gasteiger partial charge in [-0.2, -0.15) is 0 Å². The molecule has 0 aliphatic heterocycles. The molecule has 1 aromatic rings. The second kappa shape index (κ2) is 4.53. The second-order valence-electron chi connectivity index (χ2n) is 4.15. The fourth-order valence-electron chi connectivity index (χ4n) is 1.47. The maximum absolute atomic E-state index is 5.75. The van der Waals surface area contributed by atoms with Crippen molar-refractivity contribution in [3.05, 3.63) is 23.8 Å². The molecule has 0 unspecified atom stereocenters. The smallest absolute Gasteiger partial charge is 0.126 e. The van der Waals surface area contributed by atoms with E-state index in [4.69, 9.17) is 15.2 Å². The van der Waals surface area contributed by atoms with Crippen LogP contribution in [0.15, 0.2) is 18.2 Å². The van der Waals surface area contributed by atoms with E-state index in [1.165, 1.54) is 0 Å². The minimum absolute atomic E-state index is 0.0857. The molecule has 15 heavy (non-hydrogen) atoms. The molecule has 0 aliphatic rings. The Morgan fingerprint density at radius 1 is 1.20 bits per heavy atom. The van der Waals surface area contributed by atoms with Gasteiger partial charge >= 0.3 is 0 Å². The van der Waals surface area contributed by atoms with E-state index in [0.29, 0.717) is 6.54 Å². The predicted octanol–water partition coefficient (Wildman–Crippen LogP) is 1.94. The van der Waals surface area contributed by atoms with E-state index in [9.17, 15) is 0 Å². The van der Waals surface area contributed by atoms with E-state index in [1.54, 1.807) is 14.2 Å². The zero-order valence-electron chi connectivity index (χ0n) is 9.83. The van der Waals surface area contributed by atoms with Crippen LogP contribution in [0.3, 0.4) is 0 Å².